The SMILES string of the molecule is COCCN1C(=O)C(=O)C(=C(O)c2ccccc2)[C@H]1c1ccc(Cl)c(Cl)c1. The molecule has 1 saturated heterocycles. The van der Waals surface area contributed by atoms with E-state index in [4.69, 9.17) is 27.9 Å². The number of benzene rings is 2. The lowest BCUT2D eigenvalue weighted by molar-refractivity contribution is -0.140. The normalized spacial score (nSPS) is 18.9. The Labute approximate surface area is 166 Å². The summed E-state index contributed by atoms with van der Waals surface area (Å²) in [7, 11) is 1.51. The molecule has 1 aliphatic heterocycles. The van der Waals surface area contributed by atoms with E-state index in [0.29, 0.717) is 21.2 Å². The zero-order valence-corrected chi connectivity index (χ0v) is 16.0. The molecule has 2 aromatic rings. The second-order valence-corrected chi connectivity index (χ2v) is 6.84. The Morgan fingerprint density at radius 1 is 1.11 bits per heavy atom. The number of halogens is 2. The Hall–Kier alpha value is -2.34. The van der Waals surface area contributed by atoms with Crippen LogP contribution in [0.25, 0.3) is 5.76 Å². The average molecular weight is 406 g/mol. The minimum atomic E-state index is -0.782. The maximum absolute atomic E-state index is 12.7. The highest BCUT2D eigenvalue weighted by Crippen LogP contribution is 2.40. The van der Waals surface area contributed by atoms with Crippen molar-refractivity contribution in [1.29, 1.82) is 0 Å². The lowest BCUT2D eigenvalue weighted by Gasteiger charge is -2.25. The molecule has 0 aromatic heterocycles. The molecule has 140 valence electrons. The molecule has 0 bridgehead atoms. The standard InChI is InChI=1S/C20H17Cl2NO4/c1-27-10-9-23-17(13-7-8-14(21)15(22)11-13)16(19(25)20(23)26)18(24)12-5-3-2-4-6-12/h2-8,11,17,24H,9-10H2,1H3/t17-/m1/s1. The third kappa shape index (κ3) is 3.72. The lowest BCUT2D eigenvalue weighted by Crippen LogP contribution is -2.32. The molecular weight excluding hydrogens is 389 g/mol. The Morgan fingerprint density at radius 2 is 1.81 bits per heavy atom. The van der Waals surface area contributed by atoms with E-state index < -0.39 is 17.7 Å². The highest BCUT2D eigenvalue weighted by Gasteiger charge is 2.45. The van der Waals surface area contributed by atoms with Crippen LogP contribution in [0.3, 0.4) is 0 Å². The first-order valence-corrected chi connectivity index (χ1v) is 8.99. The molecule has 0 unspecified atom stereocenters. The van der Waals surface area contributed by atoms with E-state index in [9.17, 15) is 14.7 Å². The topological polar surface area (TPSA) is 66.8 Å². The summed E-state index contributed by atoms with van der Waals surface area (Å²) >= 11 is 12.1. The van der Waals surface area contributed by atoms with E-state index in [2.05, 4.69) is 0 Å². The minimum absolute atomic E-state index is 0.0145. The van der Waals surface area contributed by atoms with Gasteiger partial charge in [-0.25, -0.2) is 0 Å². The Kier molecular flexibility index (Phi) is 5.85. The van der Waals surface area contributed by atoms with Crippen molar-refractivity contribution in [3.63, 3.8) is 0 Å². The Bertz CT molecular complexity index is 911. The fourth-order valence-corrected chi connectivity index (χ4v) is 3.39. The van der Waals surface area contributed by atoms with Crippen LogP contribution >= 0.6 is 23.2 Å². The number of amides is 1. The van der Waals surface area contributed by atoms with Crippen LogP contribution in [0.1, 0.15) is 17.2 Å². The zero-order chi connectivity index (χ0) is 19.6. The molecule has 1 amide bonds. The van der Waals surface area contributed by atoms with Gasteiger partial charge in [0.2, 0.25) is 0 Å². The van der Waals surface area contributed by atoms with Crippen LogP contribution in [0, 0.1) is 0 Å². The molecule has 0 aliphatic carbocycles. The smallest absolute Gasteiger partial charge is 0.295 e. The van der Waals surface area contributed by atoms with Gasteiger partial charge in [-0.3, -0.25) is 9.59 Å². The molecular formula is C20H17Cl2NO4. The molecule has 1 N–H and O–H groups in total. The molecule has 2 aromatic carbocycles. The predicted octanol–water partition coefficient (Wildman–Crippen LogP) is 4.06. The summed E-state index contributed by atoms with van der Waals surface area (Å²) in [5.74, 6) is -1.67. The molecule has 7 heteroatoms. The molecule has 3 rings (SSSR count). The number of ether oxygens (including phenoxy) is 1. The van der Waals surface area contributed by atoms with Crippen molar-refractivity contribution >= 4 is 40.7 Å². The molecule has 1 aliphatic rings. The highest BCUT2D eigenvalue weighted by atomic mass is 35.5. The van der Waals surface area contributed by atoms with Crippen LogP contribution in [-0.2, 0) is 14.3 Å². The van der Waals surface area contributed by atoms with E-state index in [-0.39, 0.29) is 24.5 Å². The van der Waals surface area contributed by atoms with E-state index in [1.165, 1.54) is 12.0 Å². The minimum Gasteiger partial charge on any atom is -0.507 e. The van der Waals surface area contributed by atoms with Crippen molar-refractivity contribution in [3.8, 4) is 0 Å². The van der Waals surface area contributed by atoms with Gasteiger partial charge >= 0.3 is 0 Å². The predicted molar refractivity (Wildman–Crippen MR) is 104 cm³/mol. The van der Waals surface area contributed by atoms with Gasteiger partial charge in [-0.05, 0) is 17.7 Å². The van der Waals surface area contributed by atoms with Gasteiger partial charge in [0, 0.05) is 19.2 Å². The first kappa shape index (κ1) is 19.4. The van der Waals surface area contributed by atoms with Gasteiger partial charge in [0.05, 0.1) is 28.3 Å². The summed E-state index contributed by atoms with van der Waals surface area (Å²) in [6, 6.07) is 12.7. The largest absolute Gasteiger partial charge is 0.507 e. The van der Waals surface area contributed by atoms with Crippen LogP contribution in [0.15, 0.2) is 54.1 Å². The number of carbonyl (C=O) groups is 2. The molecule has 0 radical (unpaired) electrons. The fourth-order valence-electron chi connectivity index (χ4n) is 3.08. The number of carbonyl (C=O) groups excluding carboxylic acids is 2. The average Bonchev–Trinajstić information content (AvgIpc) is 2.93. The summed E-state index contributed by atoms with van der Waals surface area (Å²) in [5, 5.41) is 11.5. The van der Waals surface area contributed by atoms with Gasteiger partial charge in [0.1, 0.15) is 5.76 Å². The number of aliphatic hydroxyl groups is 1. The number of Topliss-reactive ketones (excluding diaryl/α,β-unsaturated/α-hetero) is 1. The van der Waals surface area contributed by atoms with Crippen molar-refractivity contribution in [2.24, 2.45) is 0 Å². The second kappa shape index (κ2) is 8.13. The second-order valence-electron chi connectivity index (χ2n) is 6.02. The first-order chi connectivity index (χ1) is 13.0. The number of rotatable bonds is 5. The van der Waals surface area contributed by atoms with Crippen LogP contribution in [0.2, 0.25) is 10.0 Å². The summed E-state index contributed by atoms with van der Waals surface area (Å²) in [6.07, 6.45) is 0. The van der Waals surface area contributed by atoms with Crippen LogP contribution < -0.4 is 0 Å². The quantitative estimate of drug-likeness (QED) is 0.462. The van der Waals surface area contributed by atoms with E-state index >= 15 is 0 Å². The first-order valence-electron chi connectivity index (χ1n) is 8.23. The molecule has 1 fully saturated rings. The van der Waals surface area contributed by atoms with Gasteiger partial charge < -0.3 is 14.7 Å². The van der Waals surface area contributed by atoms with E-state index in [1.807, 2.05) is 0 Å². The van der Waals surface area contributed by atoms with Gasteiger partial charge in [-0.1, -0.05) is 59.6 Å². The number of hydrogen-bond donors (Lipinski definition) is 1. The number of likely N-dealkylation sites (tertiary alicyclic amines) is 1. The molecule has 0 saturated carbocycles. The highest BCUT2D eigenvalue weighted by molar-refractivity contribution is 6.46. The maximum atomic E-state index is 12.7. The molecule has 1 atom stereocenters. The number of nitrogens with zero attached hydrogens (tertiary/aromatic N) is 1. The molecule has 1 heterocycles. The van der Waals surface area contributed by atoms with Crippen molar-refractivity contribution in [2.45, 2.75) is 6.04 Å². The summed E-state index contributed by atoms with van der Waals surface area (Å²) in [5.41, 5.74) is 1.05. The molecule has 0 spiro atoms. The Balaban J connectivity index is 2.18. The molecule has 5 nitrogen and oxygen atoms in total. The van der Waals surface area contributed by atoms with Crippen molar-refractivity contribution in [3.05, 3.63) is 75.3 Å². The van der Waals surface area contributed by atoms with Gasteiger partial charge in [0.25, 0.3) is 11.7 Å². The van der Waals surface area contributed by atoms with Crippen LogP contribution in [0.5, 0.6) is 0 Å². The number of hydrogen-bond acceptors (Lipinski definition) is 4. The third-order valence-corrected chi connectivity index (χ3v) is 5.12. The van der Waals surface area contributed by atoms with E-state index in [1.54, 1.807) is 48.5 Å². The summed E-state index contributed by atoms with van der Waals surface area (Å²) in [6.45, 7) is 0.438. The van der Waals surface area contributed by atoms with Crippen LogP contribution in [0.4, 0.5) is 0 Å². The van der Waals surface area contributed by atoms with Gasteiger partial charge in [-0.15, -0.1) is 0 Å². The Morgan fingerprint density at radius 3 is 2.44 bits per heavy atom. The number of methoxy groups -OCH3 is 1. The van der Waals surface area contributed by atoms with Crippen LogP contribution in [-0.4, -0.2) is 42.0 Å². The summed E-state index contributed by atoms with van der Waals surface area (Å²) < 4.78 is 5.06. The van der Waals surface area contributed by atoms with Crippen molar-refractivity contribution in [2.75, 3.05) is 20.3 Å². The van der Waals surface area contributed by atoms with Gasteiger partial charge in [0.15, 0.2) is 0 Å². The number of aliphatic hydroxyl groups excluding tert-OH is 1. The zero-order valence-electron chi connectivity index (χ0n) is 14.5. The lowest BCUT2D eigenvalue weighted by atomic mass is 9.95. The van der Waals surface area contributed by atoms with E-state index in [0.717, 1.165) is 0 Å². The fraction of sp³-hybridized carbons (Fsp3) is 0.200. The number of ketones is 1. The monoisotopic (exact) mass is 405 g/mol. The van der Waals surface area contributed by atoms with Gasteiger partial charge in [-0.2, -0.15) is 0 Å². The maximum Gasteiger partial charge on any atom is 0.295 e. The third-order valence-electron chi connectivity index (χ3n) is 4.38. The summed E-state index contributed by atoms with van der Waals surface area (Å²) in [4.78, 5) is 26.7. The van der Waals surface area contributed by atoms with Crippen molar-refractivity contribution < 1.29 is 19.4 Å². The molecule has 27 heavy (non-hydrogen) atoms. The van der Waals surface area contributed by atoms with Crippen molar-refractivity contribution in [1.82, 2.24) is 4.90 Å².